The van der Waals surface area contributed by atoms with E-state index in [-0.39, 0.29) is 11.1 Å². The first kappa shape index (κ1) is 13.8. The van der Waals surface area contributed by atoms with E-state index in [1.807, 2.05) is 6.92 Å². The summed E-state index contributed by atoms with van der Waals surface area (Å²) in [5.41, 5.74) is 0. The Labute approximate surface area is 80.8 Å². The van der Waals surface area contributed by atoms with Gasteiger partial charge in [-0.2, -0.15) is 0 Å². The minimum absolute atomic E-state index is 0.0957. The maximum absolute atomic E-state index is 9.81. The maximum atomic E-state index is 9.81. The van der Waals surface area contributed by atoms with Crippen LogP contribution in [0.1, 0.15) is 19.8 Å². The Kier molecular flexibility index (Phi) is 12.8. The lowest BCUT2D eigenvalue weighted by molar-refractivity contribution is -0.111. The molecule has 0 aliphatic heterocycles. The summed E-state index contributed by atoms with van der Waals surface area (Å²) < 4.78 is 0. The van der Waals surface area contributed by atoms with Gasteiger partial charge in [0.1, 0.15) is 0 Å². The first-order valence-electron chi connectivity index (χ1n) is 2.97. The summed E-state index contributed by atoms with van der Waals surface area (Å²) >= 11 is 14.5. The molecule has 0 spiro atoms. The average Bonchev–Trinajstić information content (AvgIpc) is 1.89. The second kappa shape index (κ2) is 10.2. The number of alkyl halides is 1. The van der Waals surface area contributed by atoms with Crippen LogP contribution in [0.3, 0.4) is 0 Å². The number of carbonyl (C=O) groups excluding carboxylic acids is 2. The first-order chi connectivity index (χ1) is 5.04. The zero-order chi connectivity index (χ0) is 9.28. The predicted octanol–water partition coefficient (Wildman–Crippen LogP) is 2.54. The van der Waals surface area contributed by atoms with Gasteiger partial charge >= 0.3 is 0 Å². The Morgan fingerprint density at radius 2 is 1.55 bits per heavy atom. The number of rotatable bonds is 3. The van der Waals surface area contributed by atoms with Gasteiger partial charge in [-0.3, -0.25) is 9.59 Å². The van der Waals surface area contributed by atoms with E-state index in [1.165, 1.54) is 0 Å². The van der Waals surface area contributed by atoms with Crippen LogP contribution in [0.5, 0.6) is 0 Å². The van der Waals surface area contributed by atoms with Crippen molar-refractivity contribution in [2.24, 2.45) is 0 Å². The Bertz CT molecular complexity index is 125. The number of hydrogen-bond donors (Lipinski definition) is 0. The lowest BCUT2D eigenvalue weighted by Crippen LogP contribution is -1.81. The van der Waals surface area contributed by atoms with Crippen molar-refractivity contribution < 1.29 is 9.59 Å². The summed E-state index contributed by atoms with van der Waals surface area (Å²) in [6.45, 7) is 1.92. The van der Waals surface area contributed by atoms with Crippen molar-refractivity contribution >= 4 is 45.3 Å². The van der Waals surface area contributed by atoms with E-state index in [2.05, 4.69) is 0 Å². The van der Waals surface area contributed by atoms with Crippen LogP contribution in [-0.4, -0.2) is 16.4 Å². The van der Waals surface area contributed by atoms with Gasteiger partial charge in [0.15, 0.2) is 0 Å². The van der Waals surface area contributed by atoms with Crippen LogP contribution in [0.15, 0.2) is 0 Å². The van der Waals surface area contributed by atoms with Crippen LogP contribution < -0.4 is 0 Å². The fraction of sp³-hybridized carbons (Fsp3) is 0.667. The molecule has 0 amide bonds. The van der Waals surface area contributed by atoms with E-state index in [1.54, 1.807) is 0 Å². The highest BCUT2D eigenvalue weighted by Gasteiger charge is 1.87. The van der Waals surface area contributed by atoms with Crippen molar-refractivity contribution in [1.29, 1.82) is 0 Å². The number of halogens is 3. The van der Waals surface area contributed by atoms with Gasteiger partial charge in [0, 0.05) is 6.42 Å². The molecule has 0 aliphatic rings. The van der Waals surface area contributed by atoms with Crippen molar-refractivity contribution in [2.75, 3.05) is 5.88 Å². The lowest BCUT2D eigenvalue weighted by Gasteiger charge is -1.77. The minimum atomic E-state index is -0.508. The summed E-state index contributed by atoms with van der Waals surface area (Å²) in [5.74, 6) is -0.0957. The third-order valence-electron chi connectivity index (χ3n) is 0.552. The van der Waals surface area contributed by atoms with Crippen LogP contribution in [0.25, 0.3) is 0 Å². The van der Waals surface area contributed by atoms with Gasteiger partial charge in [-0.25, -0.2) is 0 Å². The summed E-state index contributed by atoms with van der Waals surface area (Å²) in [5, 5.41) is -0.746. The molecular weight excluding hydrogens is 210 g/mol. The fourth-order valence-corrected chi connectivity index (χ4v) is 0.386. The van der Waals surface area contributed by atoms with Gasteiger partial charge in [-0.15, -0.1) is 11.6 Å². The Morgan fingerprint density at radius 3 is 1.55 bits per heavy atom. The van der Waals surface area contributed by atoms with Crippen LogP contribution in [0.4, 0.5) is 0 Å². The smallest absolute Gasteiger partial charge is 0.236 e. The van der Waals surface area contributed by atoms with Gasteiger partial charge in [-0.1, -0.05) is 6.92 Å². The van der Waals surface area contributed by atoms with Gasteiger partial charge < -0.3 is 0 Å². The molecule has 11 heavy (non-hydrogen) atoms. The zero-order valence-corrected chi connectivity index (χ0v) is 8.34. The van der Waals surface area contributed by atoms with Crippen LogP contribution in [-0.2, 0) is 9.59 Å². The number of carbonyl (C=O) groups is 2. The van der Waals surface area contributed by atoms with E-state index in [9.17, 15) is 9.59 Å². The Morgan fingerprint density at radius 1 is 1.18 bits per heavy atom. The molecule has 0 aliphatic carbocycles. The molecule has 0 aromatic rings. The standard InChI is InChI=1S/C4H7ClO.C2H2Cl2O/c1-2-3-4(5)6;3-1-2(4)5/h2-3H2,1H3;1H2. The molecule has 2 nitrogen and oxygen atoms in total. The molecule has 66 valence electrons. The van der Waals surface area contributed by atoms with Gasteiger partial charge in [0.05, 0.1) is 5.88 Å². The highest BCUT2D eigenvalue weighted by molar-refractivity contribution is 6.67. The van der Waals surface area contributed by atoms with Crippen LogP contribution >= 0.6 is 34.8 Å². The Hall–Kier alpha value is 0.210. The molecule has 0 aromatic heterocycles. The van der Waals surface area contributed by atoms with Crippen molar-refractivity contribution in [1.82, 2.24) is 0 Å². The minimum Gasteiger partial charge on any atom is -0.281 e. The van der Waals surface area contributed by atoms with Crippen molar-refractivity contribution in [3.8, 4) is 0 Å². The summed E-state index contributed by atoms with van der Waals surface area (Å²) in [4.78, 5) is 19.3. The summed E-state index contributed by atoms with van der Waals surface area (Å²) in [7, 11) is 0. The zero-order valence-electron chi connectivity index (χ0n) is 6.07. The molecule has 0 fully saturated rings. The van der Waals surface area contributed by atoms with E-state index < -0.39 is 5.24 Å². The third kappa shape index (κ3) is 25.4. The van der Waals surface area contributed by atoms with Gasteiger partial charge in [-0.05, 0) is 29.6 Å². The van der Waals surface area contributed by atoms with Crippen LogP contribution in [0, 0.1) is 0 Å². The number of hydrogen-bond acceptors (Lipinski definition) is 2. The van der Waals surface area contributed by atoms with Crippen molar-refractivity contribution in [3.63, 3.8) is 0 Å². The quantitative estimate of drug-likeness (QED) is 0.540. The van der Waals surface area contributed by atoms with Crippen molar-refractivity contribution in [2.45, 2.75) is 19.8 Å². The lowest BCUT2D eigenvalue weighted by atomic mass is 10.4. The third-order valence-corrected chi connectivity index (χ3v) is 1.25. The predicted molar refractivity (Wildman–Crippen MR) is 47.3 cm³/mol. The second-order valence-electron chi connectivity index (χ2n) is 1.59. The summed E-state index contributed by atoms with van der Waals surface area (Å²) in [6, 6.07) is 0. The monoisotopic (exact) mass is 218 g/mol. The van der Waals surface area contributed by atoms with Gasteiger partial charge in [0.25, 0.3) is 0 Å². The molecule has 0 atom stereocenters. The molecule has 0 bridgehead atoms. The topological polar surface area (TPSA) is 34.1 Å². The molecule has 0 N–H and O–H groups in total. The average molecular weight is 219 g/mol. The van der Waals surface area contributed by atoms with E-state index in [0.29, 0.717) is 6.42 Å². The van der Waals surface area contributed by atoms with Crippen LogP contribution in [0.2, 0.25) is 0 Å². The molecule has 0 rings (SSSR count). The first-order valence-corrected chi connectivity index (χ1v) is 4.26. The molecule has 0 unspecified atom stereocenters. The molecule has 0 radical (unpaired) electrons. The second-order valence-corrected chi connectivity index (χ2v) is 2.70. The maximum Gasteiger partial charge on any atom is 0.236 e. The normalized spacial score (nSPS) is 8.00. The molecular formula is C6H9Cl3O2. The van der Waals surface area contributed by atoms with E-state index in [0.717, 1.165) is 6.42 Å². The molecule has 0 heterocycles. The fourth-order valence-electron chi connectivity index (χ4n) is 0.197. The molecule has 0 saturated carbocycles. The summed E-state index contributed by atoms with van der Waals surface area (Å²) in [6.07, 6.45) is 1.35. The highest BCUT2D eigenvalue weighted by atomic mass is 35.5. The highest BCUT2D eigenvalue weighted by Crippen LogP contribution is 1.90. The molecule has 5 heteroatoms. The van der Waals surface area contributed by atoms with Crippen molar-refractivity contribution in [3.05, 3.63) is 0 Å². The van der Waals surface area contributed by atoms with E-state index in [4.69, 9.17) is 34.8 Å². The van der Waals surface area contributed by atoms with E-state index >= 15 is 0 Å². The SMILES string of the molecule is CCCC(=O)Cl.O=C(Cl)CCl. The van der Waals surface area contributed by atoms with Gasteiger partial charge in [0.2, 0.25) is 10.5 Å². The molecule has 0 aromatic carbocycles. The Balaban J connectivity index is 0. The molecule has 0 saturated heterocycles. The largest absolute Gasteiger partial charge is 0.281 e.